The number of nitrogens with two attached hydrogens (primary N) is 1. The average molecular weight is 421 g/mol. The Morgan fingerprint density at radius 3 is 2.55 bits per heavy atom. The molecule has 3 N–H and O–H groups in total. The second-order valence-corrected chi connectivity index (χ2v) is 6.04. The zero-order valence-corrected chi connectivity index (χ0v) is 13.8. The van der Waals surface area contributed by atoms with Crippen molar-refractivity contribution in [3.8, 4) is 11.5 Å². The summed E-state index contributed by atoms with van der Waals surface area (Å²) in [5.74, 6) is -0.666. The predicted octanol–water partition coefficient (Wildman–Crippen LogP) is 4.94. The first-order valence-corrected chi connectivity index (χ1v) is 7.30. The summed E-state index contributed by atoms with van der Waals surface area (Å²) in [4.78, 5) is 11.2. The summed E-state index contributed by atoms with van der Waals surface area (Å²) in [5.41, 5.74) is 5.76. The number of benzene rings is 2. The highest BCUT2D eigenvalue weighted by molar-refractivity contribution is 9.11. The molecule has 0 amide bonds. The number of hydrogen-bond donors (Lipinski definition) is 2. The van der Waals surface area contributed by atoms with E-state index in [-0.39, 0.29) is 22.0 Å². The summed E-state index contributed by atoms with van der Waals surface area (Å²) >= 11 is 12.7. The third-order valence-corrected chi connectivity index (χ3v) is 3.80. The van der Waals surface area contributed by atoms with Crippen molar-refractivity contribution in [2.75, 3.05) is 5.73 Å². The molecule has 104 valence electrons. The second kappa shape index (κ2) is 6.03. The molecule has 0 aliphatic carbocycles. The van der Waals surface area contributed by atoms with E-state index in [0.717, 1.165) is 4.47 Å². The van der Waals surface area contributed by atoms with Crippen LogP contribution in [0.1, 0.15) is 10.4 Å². The van der Waals surface area contributed by atoms with Gasteiger partial charge >= 0.3 is 5.97 Å². The molecule has 2 rings (SSSR count). The molecular weight excluding hydrogens is 413 g/mol. The molecule has 0 saturated heterocycles. The van der Waals surface area contributed by atoms with E-state index in [0.29, 0.717) is 10.2 Å². The number of carboxylic acid groups (broad SMARTS) is 1. The number of ether oxygens (including phenoxy) is 1. The SMILES string of the molecule is Nc1cc(Cl)c(Oc2ccc(Br)cc2Br)c(C(=O)O)c1. The standard InChI is InChI=1S/C13H8Br2ClNO3/c14-6-1-2-11(9(15)3-6)20-12-8(13(18)19)4-7(17)5-10(12)16/h1-5H,17H2,(H,18,19). The van der Waals surface area contributed by atoms with Gasteiger partial charge in [-0.1, -0.05) is 27.5 Å². The van der Waals surface area contributed by atoms with E-state index in [2.05, 4.69) is 31.9 Å². The number of anilines is 1. The van der Waals surface area contributed by atoms with E-state index in [1.807, 2.05) is 0 Å². The Balaban J connectivity index is 2.50. The Morgan fingerprint density at radius 2 is 1.95 bits per heavy atom. The van der Waals surface area contributed by atoms with Gasteiger partial charge in [-0.2, -0.15) is 0 Å². The van der Waals surface area contributed by atoms with Gasteiger partial charge in [-0.3, -0.25) is 0 Å². The third-order valence-electron chi connectivity index (χ3n) is 2.40. The smallest absolute Gasteiger partial charge is 0.339 e. The lowest BCUT2D eigenvalue weighted by molar-refractivity contribution is 0.0694. The van der Waals surface area contributed by atoms with Crippen LogP contribution in [-0.2, 0) is 0 Å². The highest BCUT2D eigenvalue weighted by atomic mass is 79.9. The van der Waals surface area contributed by atoms with Crippen LogP contribution in [0.4, 0.5) is 5.69 Å². The lowest BCUT2D eigenvalue weighted by Gasteiger charge is -2.13. The number of carboxylic acids is 1. The van der Waals surface area contributed by atoms with Crippen LogP contribution in [0.15, 0.2) is 39.3 Å². The summed E-state index contributed by atoms with van der Waals surface area (Å²) in [5, 5.41) is 9.33. The number of hydrogen-bond acceptors (Lipinski definition) is 3. The third kappa shape index (κ3) is 3.26. The Labute approximate surface area is 136 Å². The monoisotopic (exact) mass is 419 g/mol. The van der Waals surface area contributed by atoms with Crippen LogP contribution in [0, 0.1) is 0 Å². The van der Waals surface area contributed by atoms with Crippen molar-refractivity contribution in [1.29, 1.82) is 0 Å². The number of nitrogen functional groups attached to an aromatic ring is 1. The molecule has 7 heteroatoms. The van der Waals surface area contributed by atoms with Crippen LogP contribution < -0.4 is 10.5 Å². The van der Waals surface area contributed by atoms with Gasteiger partial charge in [0, 0.05) is 10.2 Å². The molecule has 20 heavy (non-hydrogen) atoms. The highest BCUT2D eigenvalue weighted by Gasteiger charge is 2.18. The Kier molecular flexibility index (Phi) is 4.57. The van der Waals surface area contributed by atoms with E-state index in [4.69, 9.17) is 22.1 Å². The maximum atomic E-state index is 11.2. The van der Waals surface area contributed by atoms with Gasteiger partial charge in [-0.05, 0) is 46.3 Å². The van der Waals surface area contributed by atoms with Gasteiger partial charge in [0.15, 0.2) is 5.75 Å². The predicted molar refractivity (Wildman–Crippen MR) is 84.7 cm³/mol. The molecule has 0 aliphatic heterocycles. The first-order chi connectivity index (χ1) is 9.38. The van der Waals surface area contributed by atoms with E-state index in [1.54, 1.807) is 18.2 Å². The summed E-state index contributed by atoms with van der Waals surface area (Å²) in [7, 11) is 0. The molecule has 0 saturated carbocycles. The van der Waals surface area contributed by atoms with Crippen LogP contribution >= 0.6 is 43.5 Å². The van der Waals surface area contributed by atoms with Gasteiger partial charge in [0.25, 0.3) is 0 Å². The van der Waals surface area contributed by atoms with Crippen molar-refractivity contribution >= 4 is 55.1 Å². The second-order valence-electron chi connectivity index (χ2n) is 3.86. The molecule has 0 atom stereocenters. The van der Waals surface area contributed by atoms with Gasteiger partial charge in [0.05, 0.1) is 9.50 Å². The number of carbonyl (C=O) groups is 1. The minimum atomic E-state index is -1.16. The fourth-order valence-corrected chi connectivity index (χ4v) is 2.94. The lowest BCUT2D eigenvalue weighted by Crippen LogP contribution is -2.02. The van der Waals surface area contributed by atoms with E-state index >= 15 is 0 Å². The van der Waals surface area contributed by atoms with Gasteiger partial charge in [-0.15, -0.1) is 0 Å². The maximum absolute atomic E-state index is 11.2. The lowest BCUT2D eigenvalue weighted by atomic mass is 10.2. The highest BCUT2D eigenvalue weighted by Crippen LogP contribution is 2.38. The molecule has 4 nitrogen and oxygen atoms in total. The van der Waals surface area contributed by atoms with Crippen molar-refractivity contribution in [3.63, 3.8) is 0 Å². The molecule has 0 spiro atoms. The van der Waals surface area contributed by atoms with Gasteiger partial charge < -0.3 is 15.6 Å². The normalized spacial score (nSPS) is 10.3. The molecule has 0 aliphatic rings. The first-order valence-electron chi connectivity index (χ1n) is 5.33. The molecule has 2 aromatic rings. The van der Waals surface area contributed by atoms with Crippen molar-refractivity contribution in [2.45, 2.75) is 0 Å². The van der Waals surface area contributed by atoms with Crippen LogP contribution in [0.25, 0.3) is 0 Å². The maximum Gasteiger partial charge on any atom is 0.339 e. The van der Waals surface area contributed by atoms with Crippen molar-refractivity contribution in [1.82, 2.24) is 0 Å². The van der Waals surface area contributed by atoms with Crippen LogP contribution in [0.5, 0.6) is 11.5 Å². The Bertz CT molecular complexity index is 692. The fourth-order valence-electron chi connectivity index (χ4n) is 1.54. The Morgan fingerprint density at radius 1 is 1.25 bits per heavy atom. The summed E-state index contributed by atoms with van der Waals surface area (Å²) in [6, 6.07) is 7.98. The molecule has 0 fully saturated rings. The summed E-state index contributed by atoms with van der Waals surface area (Å²) in [6.07, 6.45) is 0. The number of halogens is 3. The molecule has 0 unspecified atom stereocenters. The molecule has 0 radical (unpaired) electrons. The molecule has 0 aromatic heterocycles. The van der Waals surface area contributed by atoms with E-state index < -0.39 is 5.97 Å². The van der Waals surface area contributed by atoms with Crippen LogP contribution in [0.3, 0.4) is 0 Å². The number of rotatable bonds is 3. The zero-order chi connectivity index (χ0) is 14.9. The van der Waals surface area contributed by atoms with Gasteiger partial charge in [0.2, 0.25) is 0 Å². The van der Waals surface area contributed by atoms with E-state index in [9.17, 15) is 9.90 Å². The quantitative estimate of drug-likeness (QED) is 0.689. The van der Waals surface area contributed by atoms with E-state index in [1.165, 1.54) is 12.1 Å². The van der Waals surface area contributed by atoms with Crippen molar-refractivity contribution < 1.29 is 14.6 Å². The molecule has 0 bridgehead atoms. The zero-order valence-electron chi connectivity index (χ0n) is 9.86. The Hall–Kier alpha value is -1.24. The van der Waals surface area contributed by atoms with Crippen LogP contribution in [-0.4, -0.2) is 11.1 Å². The minimum absolute atomic E-state index is 0.0522. The van der Waals surface area contributed by atoms with Crippen LogP contribution in [0.2, 0.25) is 5.02 Å². The summed E-state index contributed by atoms with van der Waals surface area (Å²) in [6.45, 7) is 0. The number of aromatic carboxylic acids is 1. The van der Waals surface area contributed by atoms with Crippen molar-refractivity contribution in [2.24, 2.45) is 0 Å². The minimum Gasteiger partial charge on any atom is -0.478 e. The molecule has 0 heterocycles. The topological polar surface area (TPSA) is 72.5 Å². The fraction of sp³-hybridized carbons (Fsp3) is 0. The van der Waals surface area contributed by atoms with Crippen molar-refractivity contribution in [3.05, 3.63) is 49.9 Å². The van der Waals surface area contributed by atoms with Gasteiger partial charge in [-0.25, -0.2) is 4.79 Å². The average Bonchev–Trinajstić information content (AvgIpc) is 2.34. The summed E-state index contributed by atoms with van der Waals surface area (Å²) < 4.78 is 7.13. The van der Waals surface area contributed by atoms with Gasteiger partial charge in [0.1, 0.15) is 11.3 Å². The molecular formula is C13H8Br2ClNO3. The molecule has 2 aromatic carbocycles. The largest absolute Gasteiger partial charge is 0.478 e. The first kappa shape index (κ1) is 15.2.